The van der Waals surface area contributed by atoms with Gasteiger partial charge in [-0.2, -0.15) is 4.98 Å². The minimum absolute atomic E-state index is 0.0954. The summed E-state index contributed by atoms with van der Waals surface area (Å²) in [5.41, 5.74) is 1.61. The van der Waals surface area contributed by atoms with Gasteiger partial charge in [-0.05, 0) is 31.0 Å². The molecule has 1 amide bonds. The summed E-state index contributed by atoms with van der Waals surface area (Å²) in [5.74, 6) is 4.18. The number of hydrogen-bond acceptors (Lipinski definition) is 5. The van der Waals surface area contributed by atoms with Gasteiger partial charge in [0.05, 0.1) is 13.1 Å². The standard InChI is InChI=1S/C17H18N4O2/c1-3-12-5-4-6-14(9-12)21(11-16(22)18-2)10-15-19-17(23-20-15)13-7-8-13/h1,4-6,9,13H,7-8,10-11H2,2H3,(H,18,22). The average Bonchev–Trinajstić information content (AvgIpc) is 3.33. The molecule has 1 N–H and O–H groups in total. The summed E-state index contributed by atoms with van der Waals surface area (Å²) >= 11 is 0. The Morgan fingerprint density at radius 1 is 1.52 bits per heavy atom. The zero-order chi connectivity index (χ0) is 16.2. The fraction of sp³-hybridized carbons (Fsp3) is 0.353. The number of nitrogens with zero attached hydrogens (tertiary/aromatic N) is 3. The van der Waals surface area contributed by atoms with Gasteiger partial charge in [0, 0.05) is 24.2 Å². The minimum Gasteiger partial charge on any atom is -0.358 e. The van der Waals surface area contributed by atoms with Gasteiger partial charge < -0.3 is 14.7 Å². The van der Waals surface area contributed by atoms with Crippen molar-refractivity contribution in [3.05, 3.63) is 41.5 Å². The van der Waals surface area contributed by atoms with Crippen LogP contribution in [0.1, 0.15) is 36.0 Å². The third-order valence-corrected chi connectivity index (χ3v) is 3.73. The van der Waals surface area contributed by atoms with Crippen molar-refractivity contribution < 1.29 is 9.32 Å². The highest BCUT2D eigenvalue weighted by Crippen LogP contribution is 2.38. The molecule has 23 heavy (non-hydrogen) atoms. The quantitative estimate of drug-likeness (QED) is 0.822. The average molecular weight is 310 g/mol. The van der Waals surface area contributed by atoms with Crippen molar-refractivity contribution in [2.75, 3.05) is 18.5 Å². The minimum atomic E-state index is -0.0954. The van der Waals surface area contributed by atoms with Crippen molar-refractivity contribution in [1.29, 1.82) is 0 Å². The van der Waals surface area contributed by atoms with Crippen LogP contribution in [-0.4, -0.2) is 29.6 Å². The zero-order valence-electron chi connectivity index (χ0n) is 13.0. The molecule has 0 atom stereocenters. The number of rotatable bonds is 6. The Morgan fingerprint density at radius 2 is 2.35 bits per heavy atom. The van der Waals surface area contributed by atoms with Crippen molar-refractivity contribution in [2.45, 2.75) is 25.3 Å². The summed E-state index contributed by atoms with van der Waals surface area (Å²) in [6.07, 6.45) is 7.66. The van der Waals surface area contributed by atoms with E-state index in [-0.39, 0.29) is 12.5 Å². The van der Waals surface area contributed by atoms with Crippen LogP contribution in [-0.2, 0) is 11.3 Å². The van der Waals surface area contributed by atoms with Crippen LogP contribution >= 0.6 is 0 Å². The Balaban J connectivity index is 1.81. The summed E-state index contributed by atoms with van der Waals surface area (Å²) in [6.45, 7) is 0.579. The Bertz CT molecular complexity index is 743. The number of nitrogens with one attached hydrogen (secondary N) is 1. The first kappa shape index (κ1) is 15.1. The molecule has 0 aliphatic heterocycles. The molecule has 0 unspecified atom stereocenters. The maximum atomic E-state index is 11.8. The number of likely N-dealkylation sites (N-methyl/N-ethyl adjacent to an activating group) is 1. The molecule has 6 heteroatoms. The smallest absolute Gasteiger partial charge is 0.239 e. The summed E-state index contributed by atoms with van der Waals surface area (Å²) in [5, 5.41) is 6.65. The molecule has 1 aliphatic carbocycles. The number of carbonyl (C=O) groups excluding carboxylic acids is 1. The molecule has 1 saturated carbocycles. The van der Waals surface area contributed by atoms with Gasteiger partial charge in [0.25, 0.3) is 0 Å². The first-order valence-corrected chi connectivity index (χ1v) is 7.54. The number of benzene rings is 1. The predicted molar refractivity (Wildman–Crippen MR) is 85.8 cm³/mol. The van der Waals surface area contributed by atoms with E-state index in [0.717, 1.165) is 24.1 Å². The van der Waals surface area contributed by atoms with Crippen molar-refractivity contribution in [3.8, 4) is 12.3 Å². The van der Waals surface area contributed by atoms with E-state index in [9.17, 15) is 4.79 Å². The lowest BCUT2D eigenvalue weighted by molar-refractivity contribution is -0.119. The molecule has 2 aromatic rings. The lowest BCUT2D eigenvalue weighted by Gasteiger charge is -2.22. The third kappa shape index (κ3) is 3.69. The first-order chi connectivity index (χ1) is 11.2. The molecule has 1 aromatic carbocycles. The van der Waals surface area contributed by atoms with E-state index in [1.165, 1.54) is 0 Å². The van der Waals surface area contributed by atoms with Crippen LogP contribution in [0.15, 0.2) is 28.8 Å². The molecule has 1 heterocycles. The van der Waals surface area contributed by atoms with Crippen LogP contribution in [0.3, 0.4) is 0 Å². The molecule has 0 radical (unpaired) electrons. The van der Waals surface area contributed by atoms with E-state index >= 15 is 0 Å². The highest BCUT2D eigenvalue weighted by molar-refractivity contribution is 5.81. The van der Waals surface area contributed by atoms with Gasteiger partial charge in [-0.15, -0.1) is 6.42 Å². The van der Waals surface area contributed by atoms with E-state index in [1.54, 1.807) is 7.05 Å². The van der Waals surface area contributed by atoms with E-state index in [0.29, 0.717) is 24.2 Å². The van der Waals surface area contributed by atoms with Crippen LogP contribution in [0.2, 0.25) is 0 Å². The molecular formula is C17H18N4O2. The fourth-order valence-corrected chi connectivity index (χ4v) is 2.28. The molecule has 1 fully saturated rings. The predicted octanol–water partition coefficient (Wildman–Crippen LogP) is 1.68. The SMILES string of the molecule is C#Cc1cccc(N(CC(=O)NC)Cc2noc(C3CC3)n2)c1. The normalized spacial score (nSPS) is 13.4. The monoisotopic (exact) mass is 310 g/mol. The second-order valence-corrected chi connectivity index (χ2v) is 5.55. The second kappa shape index (κ2) is 6.53. The molecule has 0 spiro atoms. The summed E-state index contributed by atoms with van der Waals surface area (Å²) in [7, 11) is 1.61. The fourth-order valence-electron chi connectivity index (χ4n) is 2.28. The van der Waals surface area contributed by atoms with Crippen LogP contribution in [0.4, 0.5) is 5.69 Å². The summed E-state index contributed by atoms with van der Waals surface area (Å²) in [6, 6.07) is 7.49. The molecule has 1 aliphatic rings. The number of anilines is 1. The number of amides is 1. The number of hydrogen-bond donors (Lipinski definition) is 1. The van der Waals surface area contributed by atoms with Gasteiger partial charge in [-0.3, -0.25) is 4.79 Å². The topological polar surface area (TPSA) is 71.3 Å². The number of carbonyl (C=O) groups is 1. The Labute approximate surface area is 134 Å². The molecule has 0 bridgehead atoms. The van der Waals surface area contributed by atoms with E-state index in [4.69, 9.17) is 10.9 Å². The molecular weight excluding hydrogens is 292 g/mol. The maximum Gasteiger partial charge on any atom is 0.239 e. The van der Waals surface area contributed by atoms with Crippen LogP contribution in [0.5, 0.6) is 0 Å². The van der Waals surface area contributed by atoms with E-state index in [2.05, 4.69) is 21.4 Å². The number of terminal acetylenes is 1. The van der Waals surface area contributed by atoms with E-state index < -0.39 is 0 Å². The summed E-state index contributed by atoms with van der Waals surface area (Å²) in [4.78, 5) is 18.1. The Hall–Kier alpha value is -2.81. The Kier molecular flexibility index (Phi) is 4.29. The van der Waals surface area contributed by atoms with Crippen molar-refractivity contribution >= 4 is 11.6 Å². The van der Waals surface area contributed by atoms with Gasteiger partial charge in [-0.25, -0.2) is 0 Å². The van der Waals surface area contributed by atoms with Crippen molar-refractivity contribution in [1.82, 2.24) is 15.5 Å². The highest BCUT2D eigenvalue weighted by atomic mass is 16.5. The molecule has 0 saturated heterocycles. The lowest BCUT2D eigenvalue weighted by Crippen LogP contribution is -2.35. The van der Waals surface area contributed by atoms with Gasteiger partial charge in [0.1, 0.15) is 0 Å². The largest absolute Gasteiger partial charge is 0.358 e. The van der Waals surface area contributed by atoms with Crippen molar-refractivity contribution in [2.24, 2.45) is 0 Å². The Morgan fingerprint density at radius 3 is 3.04 bits per heavy atom. The summed E-state index contributed by atoms with van der Waals surface area (Å²) < 4.78 is 5.28. The highest BCUT2D eigenvalue weighted by Gasteiger charge is 2.29. The van der Waals surface area contributed by atoms with Gasteiger partial charge >= 0.3 is 0 Å². The molecule has 118 valence electrons. The second-order valence-electron chi connectivity index (χ2n) is 5.55. The zero-order valence-corrected chi connectivity index (χ0v) is 13.0. The molecule has 3 rings (SSSR count). The van der Waals surface area contributed by atoms with E-state index in [1.807, 2.05) is 29.2 Å². The van der Waals surface area contributed by atoms with Gasteiger partial charge in [0.15, 0.2) is 5.82 Å². The lowest BCUT2D eigenvalue weighted by atomic mass is 10.2. The molecule has 1 aromatic heterocycles. The first-order valence-electron chi connectivity index (χ1n) is 7.54. The molecule has 6 nitrogen and oxygen atoms in total. The van der Waals surface area contributed by atoms with Crippen LogP contribution in [0.25, 0.3) is 0 Å². The van der Waals surface area contributed by atoms with Crippen molar-refractivity contribution in [3.63, 3.8) is 0 Å². The maximum absolute atomic E-state index is 11.8. The van der Waals surface area contributed by atoms with Gasteiger partial charge in [-0.1, -0.05) is 17.1 Å². The van der Waals surface area contributed by atoms with Crippen LogP contribution < -0.4 is 10.2 Å². The van der Waals surface area contributed by atoms with Gasteiger partial charge in [0.2, 0.25) is 11.8 Å². The number of aromatic nitrogens is 2. The third-order valence-electron chi connectivity index (χ3n) is 3.73. The van der Waals surface area contributed by atoms with Crippen LogP contribution in [0, 0.1) is 12.3 Å².